The number of carbonyl (C=O) groups is 3. The van der Waals surface area contributed by atoms with Crippen LogP contribution in [0.25, 0.3) is 0 Å². The number of halogens is 2. The predicted molar refractivity (Wildman–Crippen MR) is 131 cm³/mol. The first-order valence-corrected chi connectivity index (χ1v) is 10.8. The average molecular weight is 480 g/mol. The van der Waals surface area contributed by atoms with E-state index in [2.05, 4.69) is 10.6 Å². The first kappa shape index (κ1) is 22.6. The zero-order valence-corrected chi connectivity index (χ0v) is 19.3. The van der Waals surface area contributed by atoms with Crippen molar-refractivity contribution in [1.29, 1.82) is 0 Å². The smallest absolute Gasteiger partial charge is 0.283 e. The van der Waals surface area contributed by atoms with Gasteiger partial charge in [-0.15, -0.1) is 0 Å². The molecule has 0 fully saturated rings. The lowest BCUT2D eigenvalue weighted by molar-refractivity contribution is -0.120. The Hall–Kier alpha value is -3.61. The fourth-order valence-corrected chi connectivity index (χ4v) is 3.96. The molecule has 0 aromatic heterocycles. The van der Waals surface area contributed by atoms with Gasteiger partial charge in [0, 0.05) is 22.0 Å². The van der Waals surface area contributed by atoms with E-state index in [1.807, 2.05) is 32.0 Å². The van der Waals surface area contributed by atoms with E-state index in [0.717, 1.165) is 16.0 Å². The number of hydrogen-bond donors (Lipinski definition) is 2. The van der Waals surface area contributed by atoms with Crippen molar-refractivity contribution in [2.24, 2.45) is 0 Å². The zero-order chi connectivity index (χ0) is 23.7. The van der Waals surface area contributed by atoms with Crippen LogP contribution >= 0.6 is 23.2 Å². The van der Waals surface area contributed by atoms with Crippen molar-refractivity contribution < 1.29 is 14.4 Å². The highest BCUT2D eigenvalue weighted by Gasteiger charge is 2.39. The molecular formula is C25H19Cl2N3O3. The Bertz CT molecular complexity index is 1300. The van der Waals surface area contributed by atoms with Crippen LogP contribution in [0.1, 0.15) is 21.5 Å². The Balaban J connectivity index is 1.49. The van der Waals surface area contributed by atoms with Crippen molar-refractivity contribution in [1.82, 2.24) is 0 Å². The highest BCUT2D eigenvalue weighted by Crippen LogP contribution is 2.31. The van der Waals surface area contributed by atoms with Gasteiger partial charge >= 0.3 is 0 Å². The summed E-state index contributed by atoms with van der Waals surface area (Å²) in [6.07, 6.45) is 0. The van der Waals surface area contributed by atoms with Crippen molar-refractivity contribution in [3.05, 3.63) is 99.2 Å². The lowest BCUT2D eigenvalue weighted by atomic mass is 10.1. The number of amides is 3. The van der Waals surface area contributed by atoms with Gasteiger partial charge in [-0.2, -0.15) is 0 Å². The van der Waals surface area contributed by atoms with Crippen LogP contribution < -0.4 is 15.5 Å². The van der Waals surface area contributed by atoms with Crippen molar-refractivity contribution in [3.63, 3.8) is 0 Å². The largest absolute Gasteiger partial charge is 0.350 e. The minimum absolute atomic E-state index is 0.0471. The minimum atomic E-state index is -0.643. The van der Waals surface area contributed by atoms with Crippen LogP contribution in [0.5, 0.6) is 0 Å². The van der Waals surface area contributed by atoms with Crippen molar-refractivity contribution in [2.75, 3.05) is 15.5 Å². The van der Waals surface area contributed by atoms with Gasteiger partial charge in [-0.25, -0.2) is 4.90 Å². The summed E-state index contributed by atoms with van der Waals surface area (Å²) in [5, 5.41) is 5.93. The quantitative estimate of drug-likeness (QED) is 0.463. The molecular weight excluding hydrogens is 461 g/mol. The zero-order valence-electron chi connectivity index (χ0n) is 17.8. The molecule has 1 aliphatic heterocycles. The second-order valence-corrected chi connectivity index (χ2v) is 8.46. The van der Waals surface area contributed by atoms with Crippen LogP contribution in [-0.4, -0.2) is 17.7 Å². The molecule has 3 amide bonds. The number of nitrogens with one attached hydrogen (secondary N) is 2. The van der Waals surface area contributed by atoms with Gasteiger partial charge in [0.05, 0.1) is 5.69 Å². The maximum Gasteiger partial charge on any atom is 0.283 e. The summed E-state index contributed by atoms with van der Waals surface area (Å²) in [4.78, 5) is 39.0. The molecule has 8 heteroatoms. The summed E-state index contributed by atoms with van der Waals surface area (Å²) < 4.78 is 0. The molecule has 0 aliphatic carbocycles. The standard InChI is InChI=1S/C25H19Cl2N3O3/c1-14-10-15(2)12-19(11-14)29-23(31)16-6-8-18(9-7-16)28-22-21(27)24(32)30(25(22)33)20-5-3-4-17(26)13-20/h3-13,28H,1-2H3,(H,29,31). The summed E-state index contributed by atoms with van der Waals surface area (Å²) in [5.74, 6) is -1.50. The van der Waals surface area contributed by atoms with Gasteiger partial charge in [-0.1, -0.05) is 35.3 Å². The number of rotatable bonds is 5. The predicted octanol–water partition coefficient (Wildman–Crippen LogP) is 5.64. The SMILES string of the molecule is Cc1cc(C)cc(NC(=O)c2ccc(NC3=C(Cl)C(=O)N(c4cccc(Cl)c4)C3=O)cc2)c1. The molecule has 0 unspecified atom stereocenters. The van der Waals surface area contributed by atoms with Crippen molar-refractivity contribution >= 4 is 58.0 Å². The van der Waals surface area contributed by atoms with E-state index < -0.39 is 11.8 Å². The molecule has 3 aromatic carbocycles. The Morgan fingerprint density at radius 1 is 0.818 bits per heavy atom. The van der Waals surface area contributed by atoms with Gasteiger partial charge in [0.1, 0.15) is 10.7 Å². The van der Waals surface area contributed by atoms with Crippen LogP contribution in [-0.2, 0) is 9.59 Å². The lowest BCUT2D eigenvalue weighted by Gasteiger charge is -2.15. The summed E-state index contributed by atoms with van der Waals surface area (Å²) in [5.41, 5.74) is 4.04. The molecule has 0 saturated carbocycles. The second-order valence-electron chi connectivity index (χ2n) is 7.65. The van der Waals surface area contributed by atoms with E-state index in [4.69, 9.17) is 23.2 Å². The maximum atomic E-state index is 12.9. The van der Waals surface area contributed by atoms with Crippen molar-refractivity contribution in [3.8, 4) is 0 Å². The summed E-state index contributed by atoms with van der Waals surface area (Å²) in [6, 6.07) is 18.7. The molecule has 1 aliphatic rings. The van der Waals surface area contributed by atoms with Crippen LogP contribution in [0.4, 0.5) is 17.1 Å². The third-order valence-corrected chi connectivity index (χ3v) is 5.58. The third kappa shape index (κ3) is 4.77. The molecule has 0 atom stereocenters. The fraction of sp³-hybridized carbons (Fsp3) is 0.0800. The van der Waals surface area contributed by atoms with Gasteiger partial charge < -0.3 is 10.6 Å². The maximum absolute atomic E-state index is 12.9. The number of aryl methyl sites for hydroxylation is 2. The molecule has 0 saturated heterocycles. The highest BCUT2D eigenvalue weighted by atomic mass is 35.5. The van der Waals surface area contributed by atoms with E-state index in [0.29, 0.717) is 27.6 Å². The van der Waals surface area contributed by atoms with Crippen LogP contribution in [0.3, 0.4) is 0 Å². The second kappa shape index (κ2) is 9.10. The Labute approximate surface area is 200 Å². The Morgan fingerprint density at radius 2 is 1.48 bits per heavy atom. The number of benzene rings is 3. The van der Waals surface area contributed by atoms with Gasteiger partial charge in [-0.05, 0) is 79.6 Å². The number of carbonyl (C=O) groups excluding carboxylic acids is 3. The summed E-state index contributed by atoms with van der Waals surface area (Å²) in [6.45, 7) is 3.93. The molecule has 0 bridgehead atoms. The number of hydrogen-bond acceptors (Lipinski definition) is 4. The van der Waals surface area contributed by atoms with Crippen LogP contribution in [0, 0.1) is 13.8 Å². The number of anilines is 3. The Morgan fingerprint density at radius 3 is 2.12 bits per heavy atom. The first-order valence-electron chi connectivity index (χ1n) is 10.0. The molecule has 4 rings (SSSR count). The summed E-state index contributed by atoms with van der Waals surface area (Å²) >= 11 is 12.1. The highest BCUT2D eigenvalue weighted by molar-refractivity contribution is 6.53. The van der Waals surface area contributed by atoms with Crippen LogP contribution in [0.15, 0.2) is 77.5 Å². The molecule has 33 heavy (non-hydrogen) atoms. The van der Waals surface area contributed by atoms with E-state index >= 15 is 0 Å². The van der Waals surface area contributed by atoms with Crippen LogP contribution in [0.2, 0.25) is 5.02 Å². The van der Waals surface area contributed by atoms with E-state index in [1.165, 1.54) is 6.07 Å². The van der Waals surface area contributed by atoms with Crippen molar-refractivity contribution in [2.45, 2.75) is 13.8 Å². The molecule has 3 aromatic rings. The van der Waals surface area contributed by atoms with Gasteiger partial charge in [-0.3, -0.25) is 14.4 Å². The monoisotopic (exact) mass is 479 g/mol. The van der Waals surface area contributed by atoms with Gasteiger partial charge in [0.15, 0.2) is 0 Å². The van der Waals surface area contributed by atoms with Gasteiger partial charge in [0.25, 0.3) is 17.7 Å². The summed E-state index contributed by atoms with van der Waals surface area (Å²) in [7, 11) is 0. The molecule has 166 valence electrons. The number of nitrogens with zero attached hydrogens (tertiary/aromatic N) is 1. The molecule has 1 heterocycles. The van der Waals surface area contributed by atoms with E-state index in [1.54, 1.807) is 42.5 Å². The first-order chi connectivity index (χ1) is 15.7. The fourth-order valence-electron chi connectivity index (χ4n) is 3.56. The molecule has 0 radical (unpaired) electrons. The third-order valence-electron chi connectivity index (χ3n) is 4.99. The lowest BCUT2D eigenvalue weighted by Crippen LogP contribution is -2.32. The molecule has 0 spiro atoms. The number of imide groups is 1. The normalized spacial score (nSPS) is 13.5. The molecule has 2 N–H and O–H groups in total. The average Bonchev–Trinajstić information content (AvgIpc) is 2.96. The van der Waals surface area contributed by atoms with E-state index in [9.17, 15) is 14.4 Å². The van der Waals surface area contributed by atoms with Gasteiger partial charge in [0.2, 0.25) is 0 Å². The molecule has 6 nitrogen and oxygen atoms in total. The Kier molecular flexibility index (Phi) is 6.22. The van der Waals surface area contributed by atoms with E-state index in [-0.39, 0.29) is 16.6 Å². The topological polar surface area (TPSA) is 78.5 Å². The minimum Gasteiger partial charge on any atom is -0.350 e.